The van der Waals surface area contributed by atoms with Crippen LogP contribution in [0.2, 0.25) is 5.04 Å². The molecule has 25 heavy (non-hydrogen) atoms. The van der Waals surface area contributed by atoms with Gasteiger partial charge in [0.25, 0.3) is 8.32 Å². The van der Waals surface area contributed by atoms with Crippen molar-refractivity contribution in [3.05, 3.63) is 72.5 Å². The number of hydrogen-bond donors (Lipinski definition) is 0. The van der Waals surface area contributed by atoms with E-state index in [1.165, 1.54) is 10.4 Å². The van der Waals surface area contributed by atoms with Crippen LogP contribution in [0.5, 0.6) is 0 Å². The summed E-state index contributed by atoms with van der Waals surface area (Å²) < 4.78 is 12.8. The number of hydrogen-bond acceptors (Lipinski definition) is 2. The summed E-state index contributed by atoms with van der Waals surface area (Å²) >= 11 is 0. The summed E-state index contributed by atoms with van der Waals surface area (Å²) in [6.45, 7) is 9.55. The van der Waals surface area contributed by atoms with Crippen molar-refractivity contribution < 1.29 is 9.16 Å². The lowest BCUT2D eigenvalue weighted by atomic mass is 10.2. The molecule has 3 heteroatoms. The lowest BCUT2D eigenvalue weighted by Crippen LogP contribution is -2.67. The van der Waals surface area contributed by atoms with Crippen LogP contribution in [0.1, 0.15) is 34.1 Å². The summed E-state index contributed by atoms with van der Waals surface area (Å²) in [4.78, 5) is 0. The fourth-order valence-electron chi connectivity index (χ4n) is 3.74. The molecule has 1 heterocycles. The van der Waals surface area contributed by atoms with Gasteiger partial charge in [-0.3, -0.25) is 0 Å². The molecule has 1 aliphatic heterocycles. The molecule has 3 rings (SSSR count). The minimum absolute atomic E-state index is 0.0107. The van der Waals surface area contributed by atoms with Crippen LogP contribution >= 0.6 is 0 Å². The molecule has 0 saturated carbocycles. The maximum Gasteiger partial charge on any atom is 0.261 e. The Kier molecular flexibility index (Phi) is 5.16. The van der Waals surface area contributed by atoms with Crippen LogP contribution in [0, 0.1) is 0 Å². The second-order valence-electron chi connectivity index (χ2n) is 7.76. The smallest absolute Gasteiger partial charge is 0.261 e. The van der Waals surface area contributed by atoms with Gasteiger partial charge in [-0.25, -0.2) is 0 Å². The molecule has 0 aliphatic carbocycles. The molecule has 0 spiro atoms. The van der Waals surface area contributed by atoms with Gasteiger partial charge in [0, 0.05) is 6.42 Å². The monoisotopic (exact) mass is 352 g/mol. The van der Waals surface area contributed by atoms with Crippen molar-refractivity contribution in [3.8, 4) is 0 Å². The highest BCUT2D eigenvalue weighted by Crippen LogP contribution is 2.37. The largest absolute Gasteiger partial charge is 0.493 e. The maximum atomic E-state index is 6.88. The Balaban J connectivity index is 2.03. The second-order valence-corrected chi connectivity index (χ2v) is 12.1. The molecule has 0 radical (unpaired) electrons. The summed E-state index contributed by atoms with van der Waals surface area (Å²) in [5.74, 6) is 1.01. The summed E-state index contributed by atoms with van der Waals surface area (Å²) in [6, 6.07) is 21.5. The standard InChI is InChI=1S/C22H28O2Si/c1-18-15-16-19(24-18)17-23-25(22(2,3)4,20-11-7-5-8-12-20)21-13-9-6-10-14-21/h5-15,19H,16-17H2,1-4H3/t19-/m0/s1. The van der Waals surface area contributed by atoms with Gasteiger partial charge in [0.2, 0.25) is 0 Å². The van der Waals surface area contributed by atoms with E-state index in [1.54, 1.807) is 0 Å². The van der Waals surface area contributed by atoms with Gasteiger partial charge >= 0.3 is 0 Å². The van der Waals surface area contributed by atoms with Gasteiger partial charge in [-0.1, -0.05) is 81.4 Å². The molecule has 0 aromatic heterocycles. The van der Waals surface area contributed by atoms with Crippen molar-refractivity contribution in [2.75, 3.05) is 6.61 Å². The van der Waals surface area contributed by atoms with Crippen molar-refractivity contribution in [1.82, 2.24) is 0 Å². The van der Waals surface area contributed by atoms with Gasteiger partial charge in [0.15, 0.2) is 0 Å². The van der Waals surface area contributed by atoms with Crippen LogP contribution in [0.3, 0.4) is 0 Å². The average Bonchev–Trinajstić information content (AvgIpc) is 3.02. The first-order valence-corrected chi connectivity index (χ1v) is 10.9. The molecule has 132 valence electrons. The van der Waals surface area contributed by atoms with E-state index in [1.807, 2.05) is 6.92 Å². The van der Waals surface area contributed by atoms with Crippen LogP contribution in [-0.2, 0) is 9.16 Å². The van der Waals surface area contributed by atoms with Gasteiger partial charge in [-0.15, -0.1) is 0 Å². The van der Waals surface area contributed by atoms with Gasteiger partial charge in [0.1, 0.15) is 6.10 Å². The van der Waals surface area contributed by atoms with E-state index < -0.39 is 8.32 Å². The lowest BCUT2D eigenvalue weighted by molar-refractivity contribution is 0.0868. The van der Waals surface area contributed by atoms with Gasteiger partial charge < -0.3 is 9.16 Å². The highest BCUT2D eigenvalue weighted by Gasteiger charge is 2.50. The Morgan fingerprint density at radius 1 is 0.960 bits per heavy atom. The predicted molar refractivity (Wildman–Crippen MR) is 107 cm³/mol. The SMILES string of the molecule is CC1=CC[C@@H](CO[Si](c2ccccc2)(c2ccccc2)C(C)(C)C)O1. The van der Waals surface area contributed by atoms with Gasteiger partial charge in [-0.05, 0) is 28.4 Å². The Labute approximate surface area is 152 Å². The predicted octanol–water partition coefficient (Wildman–Crippen LogP) is 4.26. The first-order chi connectivity index (χ1) is 11.9. The normalized spacial score (nSPS) is 17.9. The van der Waals surface area contributed by atoms with Crippen molar-refractivity contribution in [2.45, 2.75) is 45.3 Å². The first-order valence-electron chi connectivity index (χ1n) is 9.02. The molecule has 0 bridgehead atoms. The minimum atomic E-state index is -2.44. The minimum Gasteiger partial charge on any atom is -0.493 e. The van der Waals surface area contributed by atoms with Crippen molar-refractivity contribution >= 4 is 18.7 Å². The zero-order valence-electron chi connectivity index (χ0n) is 15.7. The molecular weight excluding hydrogens is 324 g/mol. The van der Waals surface area contributed by atoms with Crippen molar-refractivity contribution in [2.24, 2.45) is 0 Å². The van der Waals surface area contributed by atoms with E-state index in [0.717, 1.165) is 12.2 Å². The number of ether oxygens (including phenoxy) is 1. The van der Waals surface area contributed by atoms with Crippen LogP contribution in [-0.4, -0.2) is 21.0 Å². The fraction of sp³-hybridized carbons (Fsp3) is 0.364. The van der Waals surface area contributed by atoms with E-state index in [-0.39, 0.29) is 11.1 Å². The zero-order chi connectivity index (χ0) is 17.9. The molecular formula is C22H28O2Si. The second kappa shape index (κ2) is 7.18. The molecule has 0 N–H and O–H groups in total. The molecule has 2 aromatic carbocycles. The van der Waals surface area contributed by atoms with Crippen molar-refractivity contribution in [3.63, 3.8) is 0 Å². The Morgan fingerprint density at radius 2 is 1.48 bits per heavy atom. The van der Waals surface area contributed by atoms with Gasteiger partial charge in [-0.2, -0.15) is 0 Å². The van der Waals surface area contributed by atoms with Crippen molar-refractivity contribution in [1.29, 1.82) is 0 Å². The van der Waals surface area contributed by atoms with E-state index in [9.17, 15) is 0 Å². The molecule has 0 unspecified atom stereocenters. The molecule has 2 nitrogen and oxygen atoms in total. The molecule has 0 amide bonds. The lowest BCUT2D eigenvalue weighted by Gasteiger charge is -2.43. The fourth-order valence-corrected chi connectivity index (χ4v) is 8.33. The highest BCUT2D eigenvalue weighted by atomic mass is 28.4. The topological polar surface area (TPSA) is 18.5 Å². The average molecular weight is 353 g/mol. The number of benzene rings is 2. The van der Waals surface area contributed by atoms with Crippen LogP contribution < -0.4 is 10.4 Å². The summed E-state index contributed by atoms with van der Waals surface area (Å²) in [5.41, 5.74) is 0. The summed E-state index contributed by atoms with van der Waals surface area (Å²) in [6.07, 6.45) is 3.21. The van der Waals surface area contributed by atoms with E-state index in [4.69, 9.17) is 9.16 Å². The molecule has 0 fully saturated rings. The van der Waals surface area contributed by atoms with E-state index >= 15 is 0 Å². The van der Waals surface area contributed by atoms with E-state index in [2.05, 4.69) is 87.5 Å². The third-order valence-corrected chi connectivity index (χ3v) is 9.93. The van der Waals surface area contributed by atoms with Crippen LogP contribution in [0.25, 0.3) is 0 Å². The Hall–Kier alpha value is -1.84. The van der Waals surface area contributed by atoms with Gasteiger partial charge in [0.05, 0.1) is 12.4 Å². The van der Waals surface area contributed by atoms with E-state index in [0.29, 0.717) is 6.61 Å². The number of rotatable bonds is 5. The highest BCUT2D eigenvalue weighted by molar-refractivity contribution is 6.99. The maximum absolute atomic E-state index is 6.88. The van der Waals surface area contributed by atoms with Crippen LogP contribution in [0.15, 0.2) is 72.5 Å². The molecule has 1 aliphatic rings. The third kappa shape index (κ3) is 3.58. The Bertz CT molecular complexity index is 677. The zero-order valence-corrected chi connectivity index (χ0v) is 16.7. The summed E-state index contributed by atoms with van der Waals surface area (Å²) in [5, 5.41) is 2.64. The molecule has 1 atom stereocenters. The molecule has 0 saturated heterocycles. The van der Waals surface area contributed by atoms with Crippen LogP contribution in [0.4, 0.5) is 0 Å². The quantitative estimate of drug-likeness (QED) is 0.749. The molecule has 2 aromatic rings. The number of allylic oxidation sites excluding steroid dienone is 1. The first kappa shape index (κ1) is 18.0. The Morgan fingerprint density at radius 3 is 1.88 bits per heavy atom. The summed E-state index contributed by atoms with van der Waals surface area (Å²) in [7, 11) is -2.44. The third-order valence-electron chi connectivity index (χ3n) is 4.92.